The van der Waals surface area contributed by atoms with Crippen molar-refractivity contribution in [2.24, 2.45) is 11.8 Å². The Hall–Kier alpha value is -0.420. The zero-order chi connectivity index (χ0) is 14.3. The molecule has 2 fully saturated rings. The number of hydrogen-bond acceptors (Lipinski definition) is 4. The maximum Gasteiger partial charge on any atom is 0.0686 e. The van der Waals surface area contributed by atoms with Gasteiger partial charge in [0.05, 0.1) is 11.6 Å². The highest BCUT2D eigenvalue weighted by atomic mass is 32.1. The van der Waals surface area contributed by atoms with E-state index in [1.54, 1.807) is 10.4 Å². The van der Waals surface area contributed by atoms with Crippen molar-refractivity contribution in [1.29, 1.82) is 0 Å². The van der Waals surface area contributed by atoms with Gasteiger partial charge in [-0.05, 0) is 75.3 Å². The molecule has 0 bridgehead atoms. The Bertz CT molecular complexity index is 485. The number of nitrogens with two attached hydrogens (primary N) is 1. The fourth-order valence-corrected chi connectivity index (χ4v) is 5.80. The minimum Gasteiger partial charge on any atom is -0.375 e. The molecular formula is C17H26N2OS. The van der Waals surface area contributed by atoms with E-state index >= 15 is 0 Å². The number of rotatable bonds is 3. The third-order valence-corrected chi connectivity index (χ3v) is 7.09. The van der Waals surface area contributed by atoms with E-state index in [1.807, 2.05) is 11.3 Å². The van der Waals surface area contributed by atoms with E-state index in [0.717, 1.165) is 13.0 Å². The Labute approximate surface area is 131 Å². The van der Waals surface area contributed by atoms with Crippen molar-refractivity contribution in [3.05, 3.63) is 21.4 Å². The second-order valence-electron chi connectivity index (χ2n) is 7.09. The normalized spacial score (nSPS) is 28.9. The van der Waals surface area contributed by atoms with Crippen LogP contribution in [0.4, 0.5) is 0 Å². The van der Waals surface area contributed by atoms with Crippen LogP contribution in [0.1, 0.15) is 66.3 Å². The van der Waals surface area contributed by atoms with E-state index < -0.39 is 0 Å². The largest absolute Gasteiger partial charge is 0.375 e. The van der Waals surface area contributed by atoms with Gasteiger partial charge in [-0.2, -0.15) is 0 Å². The zero-order valence-corrected chi connectivity index (χ0v) is 13.5. The maximum atomic E-state index is 6.08. The van der Waals surface area contributed by atoms with E-state index in [4.69, 9.17) is 10.6 Å². The molecule has 21 heavy (non-hydrogen) atoms. The maximum absolute atomic E-state index is 6.08. The lowest BCUT2D eigenvalue weighted by Gasteiger charge is -2.48. The molecule has 3 N–H and O–H groups in total. The minimum atomic E-state index is 0.203. The molecule has 1 saturated heterocycles. The number of nitrogens with one attached hydrogen (secondary N) is 1. The second-order valence-corrected chi connectivity index (χ2v) is 8.25. The summed E-state index contributed by atoms with van der Waals surface area (Å²) in [6, 6.07) is 2.76. The van der Waals surface area contributed by atoms with Crippen molar-refractivity contribution in [1.82, 2.24) is 5.43 Å². The first kappa shape index (κ1) is 14.2. The summed E-state index contributed by atoms with van der Waals surface area (Å²) in [6.07, 6.45) is 11.4. The summed E-state index contributed by atoms with van der Waals surface area (Å²) in [6.45, 7) is 0.911. The average molecular weight is 306 g/mol. The molecule has 116 valence electrons. The molecule has 0 amide bonds. The van der Waals surface area contributed by atoms with Crippen molar-refractivity contribution in [3.8, 4) is 0 Å². The fraction of sp³-hybridized carbons (Fsp3) is 0.765. The molecule has 0 aromatic carbocycles. The lowest BCUT2D eigenvalue weighted by Crippen LogP contribution is -2.48. The van der Waals surface area contributed by atoms with Gasteiger partial charge in [-0.15, -0.1) is 11.3 Å². The molecule has 4 heteroatoms. The summed E-state index contributed by atoms with van der Waals surface area (Å²) >= 11 is 2.00. The van der Waals surface area contributed by atoms with Crippen LogP contribution in [-0.2, 0) is 17.6 Å². The Morgan fingerprint density at radius 2 is 2.14 bits per heavy atom. The molecule has 2 heterocycles. The third kappa shape index (κ3) is 2.56. The van der Waals surface area contributed by atoms with Gasteiger partial charge in [0.2, 0.25) is 0 Å². The molecule has 0 radical (unpaired) electrons. The second kappa shape index (κ2) is 5.65. The first-order valence-corrected chi connectivity index (χ1v) is 9.33. The Morgan fingerprint density at radius 3 is 2.86 bits per heavy atom. The summed E-state index contributed by atoms with van der Waals surface area (Å²) in [5.41, 5.74) is 4.93. The van der Waals surface area contributed by atoms with Gasteiger partial charge in [-0.3, -0.25) is 11.3 Å². The van der Waals surface area contributed by atoms with Gasteiger partial charge in [0, 0.05) is 16.4 Å². The molecule has 1 aliphatic heterocycles. The number of fused-ring (bicyclic) bond motifs is 1. The van der Waals surface area contributed by atoms with E-state index in [0.29, 0.717) is 12.0 Å². The quantitative estimate of drug-likeness (QED) is 0.664. The Kier molecular flexibility index (Phi) is 3.82. The molecule has 4 rings (SSSR count). The first-order valence-electron chi connectivity index (χ1n) is 8.51. The Morgan fingerprint density at radius 1 is 1.29 bits per heavy atom. The standard InChI is InChI=1S/C17H26N2OS/c18-19-16(13-6-9-20-17(11-13)7-3-8-17)15-10-12-4-1-2-5-14(12)21-15/h10,13,16,19H,1-9,11,18H2. The van der Waals surface area contributed by atoms with Crippen LogP contribution in [0.5, 0.6) is 0 Å². The van der Waals surface area contributed by atoms with Crippen LogP contribution in [0.15, 0.2) is 6.07 Å². The van der Waals surface area contributed by atoms with E-state index in [-0.39, 0.29) is 5.60 Å². The van der Waals surface area contributed by atoms with Gasteiger partial charge in [0.15, 0.2) is 0 Å². The van der Waals surface area contributed by atoms with Crippen LogP contribution in [0, 0.1) is 5.92 Å². The average Bonchev–Trinajstić information content (AvgIpc) is 2.90. The number of hydrazine groups is 1. The molecule has 1 aromatic rings. The number of ether oxygens (including phenoxy) is 1. The predicted octanol–water partition coefficient (Wildman–Crippen LogP) is 3.48. The van der Waals surface area contributed by atoms with Crippen LogP contribution >= 0.6 is 11.3 Å². The first-order chi connectivity index (χ1) is 10.3. The fourth-order valence-electron chi connectivity index (χ4n) is 4.39. The topological polar surface area (TPSA) is 47.3 Å². The molecule has 2 atom stereocenters. The van der Waals surface area contributed by atoms with Gasteiger partial charge in [0.1, 0.15) is 0 Å². The molecule has 2 aliphatic carbocycles. The number of thiophene rings is 1. The van der Waals surface area contributed by atoms with E-state index in [1.165, 1.54) is 56.2 Å². The highest BCUT2D eigenvalue weighted by molar-refractivity contribution is 7.12. The van der Waals surface area contributed by atoms with Crippen LogP contribution < -0.4 is 11.3 Å². The molecule has 3 nitrogen and oxygen atoms in total. The Balaban J connectivity index is 1.54. The SMILES string of the molecule is NNC(c1cc2c(s1)CCCC2)C1CCOC2(CCC2)C1. The van der Waals surface area contributed by atoms with Crippen LogP contribution in [0.3, 0.4) is 0 Å². The van der Waals surface area contributed by atoms with Crippen molar-refractivity contribution in [2.75, 3.05) is 6.61 Å². The van der Waals surface area contributed by atoms with Gasteiger partial charge >= 0.3 is 0 Å². The highest BCUT2D eigenvalue weighted by Gasteiger charge is 2.44. The molecule has 3 aliphatic rings. The molecule has 1 aromatic heterocycles. The number of aryl methyl sites for hydroxylation is 2. The zero-order valence-electron chi connectivity index (χ0n) is 12.7. The summed E-state index contributed by atoms with van der Waals surface area (Å²) in [7, 11) is 0. The third-order valence-electron chi connectivity index (χ3n) is 5.77. The van der Waals surface area contributed by atoms with Crippen molar-refractivity contribution in [3.63, 3.8) is 0 Å². The van der Waals surface area contributed by atoms with Gasteiger partial charge < -0.3 is 4.74 Å². The molecular weight excluding hydrogens is 280 g/mol. The smallest absolute Gasteiger partial charge is 0.0686 e. The van der Waals surface area contributed by atoms with E-state index in [9.17, 15) is 0 Å². The molecule has 2 unspecified atom stereocenters. The van der Waals surface area contributed by atoms with E-state index in [2.05, 4.69) is 11.5 Å². The van der Waals surface area contributed by atoms with Crippen LogP contribution in [0.2, 0.25) is 0 Å². The predicted molar refractivity (Wildman–Crippen MR) is 86.3 cm³/mol. The molecule has 1 saturated carbocycles. The highest BCUT2D eigenvalue weighted by Crippen LogP contribution is 2.48. The monoisotopic (exact) mass is 306 g/mol. The van der Waals surface area contributed by atoms with Gasteiger partial charge in [-0.25, -0.2) is 0 Å². The van der Waals surface area contributed by atoms with Crippen LogP contribution in [0.25, 0.3) is 0 Å². The van der Waals surface area contributed by atoms with Crippen molar-refractivity contribution < 1.29 is 4.74 Å². The van der Waals surface area contributed by atoms with Crippen LogP contribution in [-0.4, -0.2) is 12.2 Å². The van der Waals surface area contributed by atoms with Gasteiger partial charge in [0.25, 0.3) is 0 Å². The summed E-state index contributed by atoms with van der Waals surface area (Å²) in [4.78, 5) is 3.08. The van der Waals surface area contributed by atoms with Crippen molar-refractivity contribution in [2.45, 2.75) is 69.4 Å². The summed E-state index contributed by atoms with van der Waals surface area (Å²) < 4.78 is 6.08. The molecule has 1 spiro atoms. The lowest BCUT2D eigenvalue weighted by molar-refractivity contribution is -0.147. The minimum absolute atomic E-state index is 0.203. The lowest BCUT2D eigenvalue weighted by atomic mass is 9.70. The summed E-state index contributed by atoms with van der Waals surface area (Å²) in [5, 5.41) is 0. The van der Waals surface area contributed by atoms with Gasteiger partial charge in [-0.1, -0.05) is 0 Å². The summed E-state index contributed by atoms with van der Waals surface area (Å²) in [5.74, 6) is 6.59. The van der Waals surface area contributed by atoms with Crippen molar-refractivity contribution >= 4 is 11.3 Å². The number of hydrogen-bond donors (Lipinski definition) is 2.